The molecule has 1 aromatic heterocycles. The van der Waals surface area contributed by atoms with Gasteiger partial charge in [0.1, 0.15) is 17.5 Å². The van der Waals surface area contributed by atoms with E-state index in [0.29, 0.717) is 24.6 Å². The maximum atomic E-state index is 14.2. The lowest BCUT2D eigenvalue weighted by molar-refractivity contribution is -0.137. The first kappa shape index (κ1) is 20.7. The molecule has 3 heterocycles. The molecule has 8 heteroatoms. The topological polar surface area (TPSA) is 63.1 Å². The van der Waals surface area contributed by atoms with Gasteiger partial charge in [-0.25, -0.2) is 4.39 Å². The van der Waals surface area contributed by atoms with Crippen LogP contribution in [0.4, 0.5) is 4.39 Å². The zero-order chi connectivity index (χ0) is 19.0. The minimum atomic E-state index is -0.877. The number of hydrogen-bond donors (Lipinski definition) is 1. The Bertz CT molecular complexity index is 845. The van der Waals surface area contributed by atoms with E-state index in [1.54, 1.807) is 18.2 Å². The second-order valence-corrected chi connectivity index (χ2v) is 7.97. The van der Waals surface area contributed by atoms with E-state index in [1.807, 2.05) is 18.7 Å². The SMILES string of the molecule is CC(C)(C(=O)N1CCC(c2nnc3n2CCNC3)CC1)c1ccccc1F.Cl. The third-order valence-electron chi connectivity index (χ3n) is 5.88. The fourth-order valence-electron chi connectivity index (χ4n) is 4.24. The van der Waals surface area contributed by atoms with Crippen LogP contribution in [0.2, 0.25) is 0 Å². The summed E-state index contributed by atoms with van der Waals surface area (Å²) >= 11 is 0. The number of nitrogens with one attached hydrogen (secondary N) is 1. The molecular formula is C20H27ClFN5O. The van der Waals surface area contributed by atoms with Crippen molar-refractivity contribution in [2.75, 3.05) is 19.6 Å². The van der Waals surface area contributed by atoms with Gasteiger partial charge in [0.15, 0.2) is 0 Å². The Labute approximate surface area is 170 Å². The summed E-state index contributed by atoms with van der Waals surface area (Å²) in [5, 5.41) is 12.0. The highest BCUT2D eigenvalue weighted by molar-refractivity contribution is 5.87. The summed E-state index contributed by atoms with van der Waals surface area (Å²) in [6, 6.07) is 6.55. The molecule has 2 aromatic rings. The number of carbonyl (C=O) groups excluding carboxylic acids is 1. The molecule has 0 atom stereocenters. The molecule has 0 bridgehead atoms. The van der Waals surface area contributed by atoms with Gasteiger partial charge >= 0.3 is 0 Å². The largest absolute Gasteiger partial charge is 0.342 e. The quantitative estimate of drug-likeness (QED) is 0.849. The predicted molar refractivity (Wildman–Crippen MR) is 107 cm³/mol. The maximum absolute atomic E-state index is 14.2. The molecule has 0 saturated carbocycles. The van der Waals surface area contributed by atoms with Crippen LogP contribution in [0.25, 0.3) is 0 Å². The Balaban J connectivity index is 0.00000225. The van der Waals surface area contributed by atoms with Crippen LogP contribution in [0.15, 0.2) is 24.3 Å². The summed E-state index contributed by atoms with van der Waals surface area (Å²) in [5.41, 5.74) is -0.422. The number of benzene rings is 1. The minimum Gasteiger partial charge on any atom is -0.342 e. The molecule has 1 fully saturated rings. The second kappa shape index (κ2) is 8.17. The summed E-state index contributed by atoms with van der Waals surface area (Å²) in [7, 11) is 0. The number of hydrogen-bond acceptors (Lipinski definition) is 4. The number of rotatable bonds is 3. The van der Waals surface area contributed by atoms with Gasteiger partial charge < -0.3 is 14.8 Å². The molecule has 152 valence electrons. The minimum absolute atomic E-state index is 0. The highest BCUT2D eigenvalue weighted by Gasteiger charge is 2.38. The van der Waals surface area contributed by atoms with Crippen LogP contribution in [0.1, 0.15) is 49.8 Å². The highest BCUT2D eigenvalue weighted by Crippen LogP contribution is 2.32. The molecule has 2 aliphatic heterocycles. The lowest BCUT2D eigenvalue weighted by atomic mass is 9.82. The monoisotopic (exact) mass is 407 g/mol. The van der Waals surface area contributed by atoms with Gasteiger partial charge in [-0.3, -0.25) is 4.79 Å². The fraction of sp³-hybridized carbons (Fsp3) is 0.550. The van der Waals surface area contributed by atoms with Crippen molar-refractivity contribution >= 4 is 18.3 Å². The molecule has 1 saturated heterocycles. The van der Waals surface area contributed by atoms with Crippen molar-refractivity contribution in [1.29, 1.82) is 0 Å². The lowest BCUT2D eigenvalue weighted by Crippen LogP contribution is -2.47. The first-order valence-electron chi connectivity index (χ1n) is 9.65. The lowest BCUT2D eigenvalue weighted by Gasteiger charge is -2.37. The molecule has 1 N–H and O–H groups in total. The third-order valence-corrected chi connectivity index (χ3v) is 5.88. The van der Waals surface area contributed by atoms with Crippen LogP contribution in [0, 0.1) is 5.82 Å². The van der Waals surface area contributed by atoms with Gasteiger partial charge in [-0.15, -0.1) is 22.6 Å². The van der Waals surface area contributed by atoms with Gasteiger partial charge in [0, 0.05) is 37.7 Å². The Morgan fingerprint density at radius 2 is 1.89 bits per heavy atom. The van der Waals surface area contributed by atoms with Crippen LogP contribution < -0.4 is 5.32 Å². The molecule has 0 spiro atoms. The van der Waals surface area contributed by atoms with E-state index in [1.165, 1.54) is 6.07 Å². The molecule has 1 aromatic carbocycles. The molecule has 0 aliphatic carbocycles. The number of aromatic nitrogens is 3. The number of amides is 1. The van der Waals surface area contributed by atoms with Crippen molar-refractivity contribution in [2.45, 2.75) is 51.1 Å². The summed E-state index contributed by atoms with van der Waals surface area (Å²) < 4.78 is 16.5. The van der Waals surface area contributed by atoms with Gasteiger partial charge in [0.25, 0.3) is 0 Å². The average molecular weight is 408 g/mol. The van der Waals surface area contributed by atoms with Crippen molar-refractivity contribution in [3.63, 3.8) is 0 Å². The van der Waals surface area contributed by atoms with E-state index < -0.39 is 5.41 Å². The highest BCUT2D eigenvalue weighted by atomic mass is 35.5. The number of likely N-dealkylation sites (tertiary alicyclic amines) is 1. The van der Waals surface area contributed by atoms with E-state index in [9.17, 15) is 9.18 Å². The zero-order valence-corrected chi connectivity index (χ0v) is 17.1. The van der Waals surface area contributed by atoms with Crippen LogP contribution >= 0.6 is 12.4 Å². The first-order chi connectivity index (χ1) is 13.0. The van der Waals surface area contributed by atoms with Crippen molar-refractivity contribution in [2.24, 2.45) is 0 Å². The Morgan fingerprint density at radius 3 is 2.61 bits per heavy atom. The Hall–Kier alpha value is -1.99. The van der Waals surface area contributed by atoms with Crippen LogP contribution in [0.3, 0.4) is 0 Å². The summed E-state index contributed by atoms with van der Waals surface area (Å²) in [6.45, 7) is 7.55. The van der Waals surface area contributed by atoms with Gasteiger partial charge in [-0.1, -0.05) is 18.2 Å². The van der Waals surface area contributed by atoms with Gasteiger partial charge in [-0.2, -0.15) is 0 Å². The maximum Gasteiger partial charge on any atom is 0.232 e. The van der Waals surface area contributed by atoms with Gasteiger partial charge in [0.2, 0.25) is 5.91 Å². The predicted octanol–water partition coefficient (Wildman–Crippen LogP) is 2.63. The number of piperidine rings is 1. The number of fused-ring (bicyclic) bond motifs is 1. The molecule has 6 nitrogen and oxygen atoms in total. The molecule has 1 amide bonds. The van der Waals surface area contributed by atoms with Crippen LogP contribution in [-0.2, 0) is 23.3 Å². The summed E-state index contributed by atoms with van der Waals surface area (Å²) in [6.07, 6.45) is 1.73. The number of halogens is 2. The summed E-state index contributed by atoms with van der Waals surface area (Å²) in [4.78, 5) is 15.0. The molecule has 0 unspecified atom stereocenters. The van der Waals surface area contributed by atoms with Crippen molar-refractivity contribution < 1.29 is 9.18 Å². The van der Waals surface area contributed by atoms with E-state index in [2.05, 4.69) is 20.1 Å². The molecule has 4 rings (SSSR count). The van der Waals surface area contributed by atoms with E-state index in [0.717, 1.165) is 44.1 Å². The van der Waals surface area contributed by atoms with Crippen LogP contribution in [0.5, 0.6) is 0 Å². The molecule has 2 aliphatic rings. The van der Waals surface area contributed by atoms with Gasteiger partial charge in [0.05, 0.1) is 12.0 Å². The standard InChI is InChI=1S/C20H26FN5O.ClH/c1-20(2,15-5-3-4-6-16(15)21)19(27)25-10-7-14(8-11-25)18-24-23-17-13-22-9-12-26(17)18;/h3-6,14,22H,7-13H2,1-2H3;1H. The fourth-order valence-corrected chi connectivity index (χ4v) is 4.24. The molecular weight excluding hydrogens is 381 g/mol. The molecule has 28 heavy (non-hydrogen) atoms. The second-order valence-electron chi connectivity index (χ2n) is 7.97. The van der Waals surface area contributed by atoms with E-state index >= 15 is 0 Å². The van der Waals surface area contributed by atoms with E-state index in [4.69, 9.17) is 0 Å². The zero-order valence-electron chi connectivity index (χ0n) is 16.3. The third kappa shape index (κ3) is 3.65. The first-order valence-corrected chi connectivity index (χ1v) is 9.65. The Morgan fingerprint density at radius 1 is 1.18 bits per heavy atom. The molecule has 0 radical (unpaired) electrons. The smallest absolute Gasteiger partial charge is 0.232 e. The van der Waals surface area contributed by atoms with Crippen molar-refractivity contribution in [1.82, 2.24) is 25.0 Å². The van der Waals surface area contributed by atoms with Gasteiger partial charge in [-0.05, 0) is 32.8 Å². The van der Waals surface area contributed by atoms with E-state index in [-0.39, 0.29) is 24.1 Å². The number of nitrogens with zero attached hydrogens (tertiary/aromatic N) is 4. The van der Waals surface area contributed by atoms with Crippen molar-refractivity contribution in [3.8, 4) is 0 Å². The van der Waals surface area contributed by atoms with Crippen molar-refractivity contribution in [3.05, 3.63) is 47.3 Å². The normalized spacial score (nSPS) is 17.8. The average Bonchev–Trinajstić information content (AvgIpc) is 3.12. The Kier molecular flexibility index (Phi) is 6.05. The summed E-state index contributed by atoms with van der Waals surface area (Å²) in [5.74, 6) is 2.03. The number of carbonyl (C=O) groups is 1. The van der Waals surface area contributed by atoms with Crippen LogP contribution in [-0.4, -0.2) is 45.2 Å².